The highest BCUT2D eigenvalue weighted by molar-refractivity contribution is 9.11. The first kappa shape index (κ1) is 16.7. The zero-order valence-corrected chi connectivity index (χ0v) is 15.5. The predicted molar refractivity (Wildman–Crippen MR) is 94.9 cm³/mol. The maximum absolute atomic E-state index is 12.5. The SMILES string of the molecule is Cc1onc(-c2ccc(Br)s2)c1C(=O)NCCN1CCCCC1. The fourth-order valence-electron chi connectivity index (χ4n) is 2.85. The van der Waals surface area contributed by atoms with Gasteiger partial charge in [-0.1, -0.05) is 11.6 Å². The summed E-state index contributed by atoms with van der Waals surface area (Å²) in [7, 11) is 0. The standard InChI is InChI=1S/C16H20BrN3O2S/c1-11-14(15(19-22-11)12-5-6-13(17)23-12)16(21)18-7-10-20-8-3-2-4-9-20/h5-6H,2-4,7-10H2,1H3,(H,18,21). The highest BCUT2D eigenvalue weighted by Crippen LogP contribution is 2.33. The van der Waals surface area contributed by atoms with Crippen molar-refractivity contribution in [2.24, 2.45) is 0 Å². The lowest BCUT2D eigenvalue weighted by Gasteiger charge is -2.26. The molecule has 7 heteroatoms. The maximum atomic E-state index is 12.5. The molecule has 1 saturated heterocycles. The summed E-state index contributed by atoms with van der Waals surface area (Å²) in [4.78, 5) is 15.9. The van der Waals surface area contributed by atoms with Crippen LogP contribution in [0.25, 0.3) is 10.6 Å². The van der Waals surface area contributed by atoms with Crippen molar-refractivity contribution in [3.05, 3.63) is 27.2 Å². The van der Waals surface area contributed by atoms with Crippen molar-refractivity contribution in [3.63, 3.8) is 0 Å². The third-order valence-electron chi connectivity index (χ3n) is 4.06. The molecular formula is C16H20BrN3O2S. The van der Waals surface area contributed by atoms with Crippen LogP contribution in [0, 0.1) is 6.92 Å². The Morgan fingerprint density at radius 3 is 2.87 bits per heavy atom. The van der Waals surface area contributed by atoms with Crippen molar-refractivity contribution in [1.82, 2.24) is 15.4 Å². The van der Waals surface area contributed by atoms with Crippen LogP contribution in [0.1, 0.15) is 35.4 Å². The summed E-state index contributed by atoms with van der Waals surface area (Å²) in [6, 6.07) is 3.89. The molecule has 1 amide bonds. The number of aryl methyl sites for hydroxylation is 1. The molecule has 0 aliphatic carbocycles. The van der Waals surface area contributed by atoms with Gasteiger partial charge >= 0.3 is 0 Å². The van der Waals surface area contributed by atoms with E-state index in [0.29, 0.717) is 23.6 Å². The zero-order valence-electron chi connectivity index (χ0n) is 13.1. The Morgan fingerprint density at radius 1 is 1.39 bits per heavy atom. The van der Waals surface area contributed by atoms with Gasteiger partial charge in [0.2, 0.25) is 0 Å². The third kappa shape index (κ3) is 4.02. The number of nitrogens with one attached hydrogen (secondary N) is 1. The number of aromatic nitrogens is 1. The second-order valence-corrected chi connectivity index (χ2v) is 8.19. The summed E-state index contributed by atoms with van der Waals surface area (Å²) in [6.07, 6.45) is 3.84. The largest absolute Gasteiger partial charge is 0.360 e. The average molecular weight is 398 g/mol. The molecule has 23 heavy (non-hydrogen) atoms. The minimum Gasteiger partial charge on any atom is -0.360 e. The first-order valence-electron chi connectivity index (χ1n) is 7.87. The van der Waals surface area contributed by atoms with Crippen LogP contribution in [0.2, 0.25) is 0 Å². The Bertz CT molecular complexity index is 677. The summed E-state index contributed by atoms with van der Waals surface area (Å²) in [6.45, 7) is 5.60. The Labute approximate surface area is 148 Å². The van der Waals surface area contributed by atoms with Gasteiger partial charge in [-0.3, -0.25) is 4.79 Å². The second-order valence-electron chi connectivity index (χ2n) is 5.72. The number of halogens is 1. The van der Waals surface area contributed by atoms with Crippen LogP contribution in [0.4, 0.5) is 0 Å². The van der Waals surface area contributed by atoms with E-state index in [9.17, 15) is 4.79 Å². The van der Waals surface area contributed by atoms with Crippen LogP contribution in [-0.4, -0.2) is 42.1 Å². The topological polar surface area (TPSA) is 58.4 Å². The van der Waals surface area contributed by atoms with Crippen LogP contribution in [0.15, 0.2) is 20.4 Å². The van der Waals surface area contributed by atoms with E-state index in [1.165, 1.54) is 30.6 Å². The third-order valence-corrected chi connectivity index (χ3v) is 5.69. The number of amides is 1. The number of rotatable bonds is 5. The lowest BCUT2D eigenvalue weighted by molar-refractivity contribution is 0.0945. The first-order chi connectivity index (χ1) is 11.1. The Morgan fingerprint density at radius 2 is 2.17 bits per heavy atom. The molecule has 1 aliphatic rings. The molecule has 0 bridgehead atoms. The van der Waals surface area contributed by atoms with E-state index < -0.39 is 0 Å². The van der Waals surface area contributed by atoms with E-state index in [4.69, 9.17) is 4.52 Å². The monoisotopic (exact) mass is 397 g/mol. The number of piperidine rings is 1. The summed E-state index contributed by atoms with van der Waals surface area (Å²) in [5.41, 5.74) is 1.16. The Balaban J connectivity index is 1.64. The summed E-state index contributed by atoms with van der Waals surface area (Å²) >= 11 is 4.98. The maximum Gasteiger partial charge on any atom is 0.257 e. The number of carbonyl (C=O) groups is 1. The van der Waals surface area contributed by atoms with Crippen molar-refractivity contribution in [2.75, 3.05) is 26.2 Å². The van der Waals surface area contributed by atoms with Crippen molar-refractivity contribution >= 4 is 33.2 Å². The van der Waals surface area contributed by atoms with Gasteiger partial charge in [-0.05, 0) is 60.9 Å². The molecule has 1 fully saturated rings. The van der Waals surface area contributed by atoms with E-state index in [-0.39, 0.29) is 5.91 Å². The zero-order chi connectivity index (χ0) is 16.2. The minimum atomic E-state index is -0.111. The highest BCUT2D eigenvalue weighted by atomic mass is 79.9. The smallest absolute Gasteiger partial charge is 0.257 e. The molecule has 0 atom stereocenters. The number of carbonyl (C=O) groups excluding carboxylic acids is 1. The van der Waals surface area contributed by atoms with Gasteiger partial charge in [0.25, 0.3) is 5.91 Å². The summed E-state index contributed by atoms with van der Waals surface area (Å²) < 4.78 is 6.25. The van der Waals surface area contributed by atoms with E-state index in [1.54, 1.807) is 6.92 Å². The number of hydrogen-bond donors (Lipinski definition) is 1. The fraction of sp³-hybridized carbons (Fsp3) is 0.500. The molecule has 0 unspecified atom stereocenters. The molecular weight excluding hydrogens is 378 g/mol. The quantitative estimate of drug-likeness (QED) is 0.835. The van der Waals surface area contributed by atoms with Gasteiger partial charge in [0.05, 0.1) is 8.66 Å². The van der Waals surface area contributed by atoms with Crippen LogP contribution >= 0.6 is 27.3 Å². The van der Waals surface area contributed by atoms with Crippen LogP contribution in [-0.2, 0) is 0 Å². The fourth-order valence-corrected chi connectivity index (χ4v) is 4.22. The predicted octanol–water partition coefficient (Wildman–Crippen LogP) is 3.69. The molecule has 124 valence electrons. The van der Waals surface area contributed by atoms with Gasteiger partial charge in [-0.2, -0.15) is 0 Å². The van der Waals surface area contributed by atoms with Gasteiger partial charge in [-0.25, -0.2) is 0 Å². The van der Waals surface area contributed by atoms with E-state index in [1.807, 2.05) is 12.1 Å². The van der Waals surface area contributed by atoms with Crippen LogP contribution < -0.4 is 5.32 Å². The van der Waals surface area contributed by atoms with Gasteiger partial charge in [-0.15, -0.1) is 11.3 Å². The minimum absolute atomic E-state index is 0.111. The van der Waals surface area contributed by atoms with E-state index >= 15 is 0 Å². The molecule has 2 aromatic rings. The van der Waals surface area contributed by atoms with Crippen molar-refractivity contribution in [3.8, 4) is 10.6 Å². The van der Waals surface area contributed by atoms with Crippen molar-refractivity contribution in [2.45, 2.75) is 26.2 Å². The number of thiophene rings is 1. The lowest BCUT2D eigenvalue weighted by atomic mass is 10.1. The second kappa shape index (κ2) is 7.59. The number of likely N-dealkylation sites (tertiary alicyclic amines) is 1. The summed E-state index contributed by atoms with van der Waals surface area (Å²) in [5, 5.41) is 7.06. The lowest BCUT2D eigenvalue weighted by Crippen LogP contribution is -2.37. The number of hydrogen-bond acceptors (Lipinski definition) is 5. The van der Waals surface area contributed by atoms with Gasteiger partial charge in [0.1, 0.15) is 17.0 Å². The molecule has 3 heterocycles. The normalized spacial score (nSPS) is 15.7. The molecule has 1 aliphatic heterocycles. The molecule has 0 radical (unpaired) electrons. The van der Waals surface area contributed by atoms with Crippen molar-refractivity contribution in [1.29, 1.82) is 0 Å². The van der Waals surface area contributed by atoms with Gasteiger partial charge in [0.15, 0.2) is 0 Å². The average Bonchev–Trinajstić information content (AvgIpc) is 3.14. The van der Waals surface area contributed by atoms with Crippen LogP contribution in [0.5, 0.6) is 0 Å². The molecule has 0 saturated carbocycles. The first-order valence-corrected chi connectivity index (χ1v) is 9.48. The molecule has 2 aromatic heterocycles. The molecule has 0 spiro atoms. The molecule has 5 nitrogen and oxygen atoms in total. The summed E-state index contributed by atoms with van der Waals surface area (Å²) in [5.74, 6) is 0.445. The molecule has 3 rings (SSSR count). The van der Waals surface area contributed by atoms with Gasteiger partial charge < -0.3 is 14.7 Å². The Hall–Kier alpha value is -1.18. The molecule has 1 N–H and O–H groups in total. The van der Waals surface area contributed by atoms with E-state index in [0.717, 1.165) is 28.3 Å². The van der Waals surface area contributed by atoms with E-state index in [2.05, 4.69) is 31.3 Å². The van der Waals surface area contributed by atoms with Crippen LogP contribution in [0.3, 0.4) is 0 Å². The van der Waals surface area contributed by atoms with Crippen molar-refractivity contribution < 1.29 is 9.32 Å². The highest BCUT2D eigenvalue weighted by Gasteiger charge is 2.22. The Kier molecular flexibility index (Phi) is 5.50. The molecule has 0 aromatic carbocycles. The number of nitrogens with zero attached hydrogens (tertiary/aromatic N) is 2. The van der Waals surface area contributed by atoms with Gasteiger partial charge in [0, 0.05) is 13.1 Å².